The van der Waals surface area contributed by atoms with Gasteiger partial charge in [0.1, 0.15) is 0 Å². The average Bonchev–Trinajstić information content (AvgIpc) is 2.67. The lowest BCUT2D eigenvalue weighted by Gasteiger charge is -2.51. The Labute approximate surface area is 183 Å². The van der Waals surface area contributed by atoms with E-state index in [4.69, 9.17) is 4.74 Å². The van der Waals surface area contributed by atoms with Gasteiger partial charge in [-0.15, -0.1) is 0 Å². The molecule has 2 N–H and O–H groups in total. The van der Waals surface area contributed by atoms with Crippen LogP contribution in [0.15, 0.2) is 11.1 Å². The second kappa shape index (κ2) is 7.23. The van der Waals surface area contributed by atoms with Crippen molar-refractivity contribution in [3.63, 3.8) is 0 Å². The second-order valence-electron chi connectivity index (χ2n) is 12.4. The van der Waals surface area contributed by atoms with E-state index >= 15 is 0 Å². The van der Waals surface area contributed by atoms with Crippen molar-refractivity contribution in [1.29, 1.82) is 0 Å². The van der Waals surface area contributed by atoms with Crippen molar-refractivity contribution < 1.29 is 14.6 Å². The summed E-state index contributed by atoms with van der Waals surface area (Å²) in [7, 11) is 0. The van der Waals surface area contributed by atoms with E-state index < -0.39 is 11.3 Å². The minimum Gasteiger partial charge on any atom is -0.438 e. The molecule has 2 aliphatic heterocycles. The highest BCUT2D eigenvalue weighted by Crippen LogP contribution is 2.48. The molecule has 172 valence electrons. The molecule has 1 aliphatic carbocycles. The fourth-order valence-corrected chi connectivity index (χ4v) is 6.60. The fraction of sp³-hybridized carbons (Fsp3) is 0.880. The molecule has 5 heteroatoms. The quantitative estimate of drug-likeness (QED) is 0.588. The molecule has 0 aromatic rings. The van der Waals surface area contributed by atoms with Crippen molar-refractivity contribution in [2.75, 3.05) is 0 Å². The van der Waals surface area contributed by atoms with Gasteiger partial charge in [-0.05, 0) is 98.8 Å². The molecule has 30 heavy (non-hydrogen) atoms. The Bertz CT molecular complexity index is 719. The zero-order chi connectivity index (χ0) is 22.8. The summed E-state index contributed by atoms with van der Waals surface area (Å²) in [5.74, 6) is 0. The molecule has 2 atom stereocenters. The van der Waals surface area contributed by atoms with Crippen molar-refractivity contribution in [1.82, 2.24) is 10.2 Å². The van der Waals surface area contributed by atoms with Crippen LogP contribution < -0.4 is 5.32 Å². The maximum absolute atomic E-state index is 13.1. The van der Waals surface area contributed by atoms with Crippen LogP contribution in [0, 0.1) is 5.41 Å². The van der Waals surface area contributed by atoms with Gasteiger partial charge in [-0.1, -0.05) is 25.0 Å². The number of allylic oxidation sites excluding steroid dienone is 2. The SMILES string of the molecule is CC1=C(CC[C@]2(C)OC(=O)N(C3CC(C)(C)NC(C)(C)C3)[C@@]2(C)O)C(C)(C)CCC1. The topological polar surface area (TPSA) is 61.8 Å². The largest absolute Gasteiger partial charge is 0.438 e. The number of piperidine rings is 1. The molecule has 0 unspecified atom stereocenters. The molecule has 2 heterocycles. The number of rotatable bonds is 4. The van der Waals surface area contributed by atoms with Crippen LogP contribution in [0.1, 0.15) is 107 Å². The monoisotopic (exact) mass is 420 g/mol. The minimum atomic E-state index is -1.34. The van der Waals surface area contributed by atoms with E-state index in [0.29, 0.717) is 6.42 Å². The van der Waals surface area contributed by atoms with Crippen molar-refractivity contribution in [3.05, 3.63) is 11.1 Å². The molecule has 0 spiro atoms. The molecule has 5 nitrogen and oxygen atoms in total. The first-order chi connectivity index (χ1) is 13.5. The van der Waals surface area contributed by atoms with Crippen LogP contribution in [0.25, 0.3) is 0 Å². The Morgan fingerprint density at radius 3 is 2.17 bits per heavy atom. The molecule has 0 saturated carbocycles. The van der Waals surface area contributed by atoms with E-state index in [1.807, 2.05) is 6.92 Å². The van der Waals surface area contributed by atoms with Gasteiger partial charge in [-0.25, -0.2) is 4.79 Å². The fourth-order valence-electron chi connectivity index (χ4n) is 6.60. The number of ether oxygens (including phenoxy) is 1. The number of cyclic esters (lactones) is 1. The van der Waals surface area contributed by atoms with Gasteiger partial charge in [0.15, 0.2) is 11.3 Å². The number of nitrogens with one attached hydrogen (secondary N) is 1. The van der Waals surface area contributed by atoms with Crippen LogP contribution in [-0.4, -0.2) is 44.5 Å². The van der Waals surface area contributed by atoms with Gasteiger partial charge < -0.3 is 15.2 Å². The van der Waals surface area contributed by atoms with Crippen molar-refractivity contribution in [2.24, 2.45) is 5.41 Å². The third-order valence-corrected chi connectivity index (χ3v) is 8.05. The Hall–Kier alpha value is -1.07. The summed E-state index contributed by atoms with van der Waals surface area (Å²) in [5.41, 5.74) is 0.624. The molecule has 2 saturated heterocycles. The first kappa shape index (κ1) is 23.6. The molecule has 0 bridgehead atoms. The summed E-state index contributed by atoms with van der Waals surface area (Å²) >= 11 is 0. The van der Waals surface area contributed by atoms with Crippen LogP contribution >= 0.6 is 0 Å². The zero-order valence-electron chi connectivity index (χ0n) is 20.7. The first-order valence-corrected chi connectivity index (χ1v) is 11.7. The zero-order valence-corrected chi connectivity index (χ0v) is 20.7. The highest BCUT2D eigenvalue weighted by molar-refractivity contribution is 5.72. The van der Waals surface area contributed by atoms with Gasteiger partial charge in [0.05, 0.1) is 0 Å². The van der Waals surface area contributed by atoms with Gasteiger partial charge in [0.25, 0.3) is 0 Å². The van der Waals surface area contributed by atoms with E-state index in [1.165, 1.54) is 24.0 Å². The highest BCUT2D eigenvalue weighted by atomic mass is 16.6. The van der Waals surface area contributed by atoms with E-state index in [1.54, 1.807) is 11.8 Å². The number of nitrogens with zero attached hydrogens (tertiary/aromatic N) is 1. The highest BCUT2D eigenvalue weighted by Gasteiger charge is 2.62. The Balaban J connectivity index is 1.83. The van der Waals surface area contributed by atoms with Gasteiger partial charge >= 0.3 is 6.09 Å². The molecule has 2 fully saturated rings. The van der Waals surface area contributed by atoms with Crippen LogP contribution in [0.4, 0.5) is 4.79 Å². The normalized spacial score (nSPS) is 36.2. The minimum absolute atomic E-state index is 0.0624. The van der Waals surface area contributed by atoms with Crippen LogP contribution in [-0.2, 0) is 4.74 Å². The molecule has 3 aliphatic rings. The average molecular weight is 421 g/mol. The number of hydrogen-bond acceptors (Lipinski definition) is 4. The van der Waals surface area contributed by atoms with Crippen molar-refractivity contribution in [3.8, 4) is 0 Å². The van der Waals surface area contributed by atoms with Crippen LogP contribution in [0.3, 0.4) is 0 Å². The molecule has 3 rings (SSSR count). The van der Waals surface area contributed by atoms with Crippen molar-refractivity contribution in [2.45, 2.75) is 136 Å². The van der Waals surface area contributed by atoms with Gasteiger partial charge in [-0.3, -0.25) is 4.90 Å². The predicted octanol–water partition coefficient (Wildman–Crippen LogP) is 5.52. The summed E-state index contributed by atoms with van der Waals surface area (Å²) in [6.07, 6.45) is 6.27. The summed E-state index contributed by atoms with van der Waals surface area (Å²) in [4.78, 5) is 14.7. The standard InChI is InChI=1S/C25H44N2O3/c1-17-11-10-13-21(2,3)19(17)12-14-24(8)25(9,29)27(20(28)30-24)18-15-22(4,5)26-23(6,7)16-18/h18,26,29H,10-16H2,1-9H3/t24-,25-/m0/s1. The van der Waals surface area contributed by atoms with Gasteiger partial charge in [0.2, 0.25) is 0 Å². The summed E-state index contributed by atoms with van der Waals surface area (Å²) in [6.45, 7) is 19.2. The van der Waals surface area contributed by atoms with Crippen LogP contribution in [0.5, 0.6) is 0 Å². The first-order valence-electron chi connectivity index (χ1n) is 11.7. The van der Waals surface area contributed by atoms with Gasteiger partial charge in [-0.2, -0.15) is 0 Å². The van der Waals surface area contributed by atoms with E-state index in [9.17, 15) is 9.90 Å². The molecule has 1 amide bonds. The van der Waals surface area contributed by atoms with E-state index in [2.05, 4.69) is 53.8 Å². The smallest absolute Gasteiger partial charge is 0.413 e. The Morgan fingerprint density at radius 2 is 1.63 bits per heavy atom. The predicted molar refractivity (Wildman–Crippen MR) is 121 cm³/mol. The summed E-state index contributed by atoms with van der Waals surface area (Å²) in [6, 6.07) is -0.0624. The lowest BCUT2D eigenvalue weighted by atomic mass is 9.70. The number of carbonyl (C=O) groups is 1. The Kier molecular flexibility index (Phi) is 5.69. The maximum atomic E-state index is 13.1. The van der Waals surface area contributed by atoms with Crippen LogP contribution in [0.2, 0.25) is 0 Å². The second-order valence-corrected chi connectivity index (χ2v) is 12.4. The molecular formula is C25H44N2O3. The number of hydrogen-bond donors (Lipinski definition) is 2. The maximum Gasteiger partial charge on any atom is 0.413 e. The van der Waals surface area contributed by atoms with Crippen molar-refractivity contribution >= 4 is 6.09 Å². The Morgan fingerprint density at radius 1 is 1.07 bits per heavy atom. The van der Waals surface area contributed by atoms with E-state index in [-0.39, 0.29) is 28.6 Å². The summed E-state index contributed by atoms with van der Waals surface area (Å²) in [5, 5.41) is 15.4. The van der Waals surface area contributed by atoms with E-state index in [0.717, 1.165) is 25.7 Å². The lowest BCUT2D eigenvalue weighted by molar-refractivity contribution is -0.154. The third kappa shape index (κ3) is 4.17. The molecule has 0 aromatic heterocycles. The third-order valence-electron chi connectivity index (χ3n) is 8.05. The van der Waals surface area contributed by atoms with Gasteiger partial charge in [0, 0.05) is 17.1 Å². The number of carbonyl (C=O) groups excluding carboxylic acids is 1. The number of amides is 1. The lowest BCUT2D eigenvalue weighted by Crippen LogP contribution is -2.66. The summed E-state index contributed by atoms with van der Waals surface area (Å²) < 4.78 is 5.95. The number of aliphatic hydroxyl groups is 1. The molecule has 0 aromatic carbocycles. The molecular weight excluding hydrogens is 376 g/mol. The molecule has 0 radical (unpaired) electrons.